The first-order valence-corrected chi connectivity index (χ1v) is 7.34. The number of rotatable bonds is 6. The fraction of sp³-hybridized carbons (Fsp3) is 0.625. The second-order valence-electron chi connectivity index (χ2n) is 5.33. The van der Waals surface area contributed by atoms with E-state index in [9.17, 15) is 0 Å². The molecule has 2 rings (SSSR count). The summed E-state index contributed by atoms with van der Waals surface area (Å²) < 4.78 is 5.64. The molecule has 1 N–H and O–H groups in total. The molecule has 0 saturated carbocycles. The number of benzene rings is 1. The quantitative estimate of drug-likeness (QED) is 0.850. The number of nitrogens with zero attached hydrogens (tertiary/aromatic N) is 1. The van der Waals surface area contributed by atoms with Gasteiger partial charge in [0.1, 0.15) is 0 Å². The monoisotopic (exact) mass is 262 g/mol. The highest BCUT2D eigenvalue weighted by atomic mass is 16.5. The molecule has 0 amide bonds. The largest absolute Gasteiger partial charge is 0.381 e. The number of nitrogens with one attached hydrogen (secondary N) is 1. The molecule has 3 heteroatoms. The first-order chi connectivity index (χ1) is 9.33. The molecule has 3 nitrogen and oxygen atoms in total. The molecule has 0 aromatic heterocycles. The van der Waals surface area contributed by atoms with Crippen LogP contribution in [0.15, 0.2) is 30.3 Å². The van der Waals surface area contributed by atoms with Gasteiger partial charge in [-0.05, 0) is 25.6 Å². The van der Waals surface area contributed by atoms with Crippen LogP contribution in [0.1, 0.15) is 18.9 Å². The first kappa shape index (κ1) is 14.5. The van der Waals surface area contributed by atoms with Crippen LogP contribution in [0.4, 0.5) is 0 Å². The normalized spacial score (nSPS) is 23.7. The Bertz CT molecular complexity index is 355. The third kappa shape index (κ3) is 4.30. The molecule has 1 fully saturated rings. The summed E-state index contributed by atoms with van der Waals surface area (Å²) in [5.41, 5.74) is 1.39. The Kier molecular flexibility index (Phi) is 5.83. The van der Waals surface area contributed by atoms with Gasteiger partial charge in [-0.3, -0.25) is 4.90 Å². The van der Waals surface area contributed by atoms with E-state index in [1.807, 2.05) is 0 Å². The maximum Gasteiger partial charge on any atom is 0.0521 e. The summed E-state index contributed by atoms with van der Waals surface area (Å²) in [4.78, 5) is 2.51. The minimum Gasteiger partial charge on any atom is -0.381 e. The third-order valence-corrected chi connectivity index (χ3v) is 4.03. The Hall–Kier alpha value is -0.900. The predicted molar refractivity (Wildman–Crippen MR) is 79.2 cm³/mol. The van der Waals surface area contributed by atoms with Crippen molar-refractivity contribution in [3.63, 3.8) is 0 Å². The Balaban J connectivity index is 1.90. The van der Waals surface area contributed by atoms with E-state index in [0.717, 1.165) is 39.3 Å². The van der Waals surface area contributed by atoms with Crippen LogP contribution in [-0.4, -0.2) is 44.3 Å². The van der Waals surface area contributed by atoms with Crippen LogP contribution in [0.5, 0.6) is 0 Å². The number of hydrogen-bond acceptors (Lipinski definition) is 3. The molecule has 0 bridgehead atoms. The molecular weight excluding hydrogens is 236 g/mol. The molecule has 1 saturated heterocycles. The summed E-state index contributed by atoms with van der Waals surface area (Å²) in [5.74, 6) is 0.599. The Morgan fingerprint density at radius 2 is 2.11 bits per heavy atom. The lowest BCUT2D eigenvalue weighted by molar-refractivity contribution is 0.0180. The van der Waals surface area contributed by atoms with Crippen molar-refractivity contribution in [3.8, 4) is 0 Å². The van der Waals surface area contributed by atoms with Gasteiger partial charge in [-0.25, -0.2) is 0 Å². The highest BCUT2D eigenvalue weighted by molar-refractivity contribution is 5.14. The molecule has 106 valence electrons. The molecule has 2 atom stereocenters. The molecule has 1 aromatic rings. The lowest BCUT2D eigenvalue weighted by Crippen LogP contribution is -2.46. The van der Waals surface area contributed by atoms with Crippen LogP contribution < -0.4 is 5.32 Å². The highest BCUT2D eigenvalue weighted by Gasteiger charge is 2.25. The molecule has 19 heavy (non-hydrogen) atoms. The van der Waals surface area contributed by atoms with E-state index in [-0.39, 0.29) is 0 Å². The molecule has 0 aliphatic carbocycles. The number of ether oxygens (including phenoxy) is 1. The SMILES string of the molecule is CCN(Cc1ccccc1)CC1COCCC1NC. The zero-order chi connectivity index (χ0) is 13.5. The third-order valence-electron chi connectivity index (χ3n) is 4.03. The van der Waals surface area contributed by atoms with E-state index in [2.05, 4.69) is 54.5 Å². The minimum atomic E-state index is 0.596. The average Bonchev–Trinajstić information content (AvgIpc) is 2.48. The predicted octanol–water partition coefficient (Wildman–Crippen LogP) is 2.13. The van der Waals surface area contributed by atoms with Crippen molar-refractivity contribution in [1.29, 1.82) is 0 Å². The maximum atomic E-state index is 5.64. The van der Waals surface area contributed by atoms with Crippen LogP contribution >= 0.6 is 0 Å². The van der Waals surface area contributed by atoms with E-state index in [4.69, 9.17) is 4.74 Å². The molecule has 0 spiro atoms. The second-order valence-corrected chi connectivity index (χ2v) is 5.33. The zero-order valence-corrected chi connectivity index (χ0v) is 12.1. The van der Waals surface area contributed by atoms with E-state index >= 15 is 0 Å². The van der Waals surface area contributed by atoms with Gasteiger partial charge < -0.3 is 10.1 Å². The van der Waals surface area contributed by atoms with Crippen molar-refractivity contribution < 1.29 is 4.74 Å². The van der Waals surface area contributed by atoms with Gasteiger partial charge in [-0.15, -0.1) is 0 Å². The topological polar surface area (TPSA) is 24.5 Å². The van der Waals surface area contributed by atoms with Gasteiger partial charge in [0.15, 0.2) is 0 Å². The van der Waals surface area contributed by atoms with Crippen molar-refractivity contribution in [2.75, 3.05) is 33.4 Å². The van der Waals surface area contributed by atoms with Crippen molar-refractivity contribution >= 4 is 0 Å². The van der Waals surface area contributed by atoms with Gasteiger partial charge in [0.25, 0.3) is 0 Å². The fourth-order valence-corrected chi connectivity index (χ4v) is 2.84. The summed E-state index contributed by atoms with van der Waals surface area (Å²) in [6, 6.07) is 11.3. The second kappa shape index (κ2) is 7.63. The van der Waals surface area contributed by atoms with Gasteiger partial charge in [0.05, 0.1) is 6.61 Å². The molecular formula is C16H26N2O. The van der Waals surface area contributed by atoms with E-state index in [0.29, 0.717) is 12.0 Å². The van der Waals surface area contributed by atoms with Gasteiger partial charge in [-0.1, -0.05) is 37.3 Å². The van der Waals surface area contributed by atoms with Crippen molar-refractivity contribution in [2.45, 2.75) is 25.9 Å². The molecule has 1 aromatic carbocycles. The van der Waals surface area contributed by atoms with Crippen LogP contribution in [0.25, 0.3) is 0 Å². The Labute approximate surface area is 116 Å². The number of hydrogen-bond donors (Lipinski definition) is 1. The summed E-state index contributed by atoms with van der Waals surface area (Å²) in [6.45, 7) is 7.24. The van der Waals surface area contributed by atoms with Crippen LogP contribution in [0, 0.1) is 5.92 Å². The van der Waals surface area contributed by atoms with Gasteiger partial charge in [0, 0.05) is 31.7 Å². The molecule has 0 radical (unpaired) electrons. The van der Waals surface area contributed by atoms with Crippen molar-refractivity contribution in [3.05, 3.63) is 35.9 Å². The average molecular weight is 262 g/mol. The fourth-order valence-electron chi connectivity index (χ4n) is 2.84. The molecule has 1 aliphatic heterocycles. The van der Waals surface area contributed by atoms with Crippen LogP contribution in [0.3, 0.4) is 0 Å². The minimum absolute atomic E-state index is 0.596. The van der Waals surface area contributed by atoms with E-state index in [1.54, 1.807) is 0 Å². The summed E-state index contributed by atoms with van der Waals surface area (Å²) in [6.07, 6.45) is 1.13. The van der Waals surface area contributed by atoms with Crippen LogP contribution in [-0.2, 0) is 11.3 Å². The lowest BCUT2D eigenvalue weighted by atomic mass is 9.95. The van der Waals surface area contributed by atoms with E-state index < -0.39 is 0 Å². The van der Waals surface area contributed by atoms with Crippen molar-refractivity contribution in [1.82, 2.24) is 10.2 Å². The Morgan fingerprint density at radius 3 is 2.79 bits per heavy atom. The van der Waals surface area contributed by atoms with Gasteiger partial charge in [0.2, 0.25) is 0 Å². The maximum absolute atomic E-state index is 5.64. The van der Waals surface area contributed by atoms with Gasteiger partial charge in [-0.2, -0.15) is 0 Å². The standard InChI is InChI=1S/C16H26N2O/c1-3-18(11-14-7-5-4-6-8-14)12-15-13-19-10-9-16(15)17-2/h4-8,15-17H,3,9-13H2,1-2H3. The van der Waals surface area contributed by atoms with Gasteiger partial charge >= 0.3 is 0 Å². The van der Waals surface area contributed by atoms with Crippen molar-refractivity contribution in [2.24, 2.45) is 5.92 Å². The summed E-state index contributed by atoms with van der Waals surface area (Å²) >= 11 is 0. The smallest absolute Gasteiger partial charge is 0.0521 e. The van der Waals surface area contributed by atoms with E-state index in [1.165, 1.54) is 5.56 Å². The lowest BCUT2D eigenvalue weighted by Gasteiger charge is -2.35. The zero-order valence-electron chi connectivity index (χ0n) is 12.1. The van der Waals surface area contributed by atoms with Crippen LogP contribution in [0.2, 0.25) is 0 Å². The summed E-state index contributed by atoms with van der Waals surface area (Å²) in [5, 5.41) is 3.44. The molecule has 1 aliphatic rings. The molecule has 2 unspecified atom stereocenters. The summed E-state index contributed by atoms with van der Waals surface area (Å²) in [7, 11) is 2.07. The first-order valence-electron chi connectivity index (χ1n) is 7.34. The Morgan fingerprint density at radius 1 is 1.32 bits per heavy atom. The molecule has 1 heterocycles. The highest BCUT2D eigenvalue weighted by Crippen LogP contribution is 2.17.